The largest absolute Gasteiger partial charge is 0.352 e. The van der Waals surface area contributed by atoms with Gasteiger partial charge in [-0.2, -0.15) is 0 Å². The number of amides is 2. The van der Waals surface area contributed by atoms with Crippen molar-refractivity contribution in [3.8, 4) is 0 Å². The normalized spacial score (nSPS) is 17.8. The van der Waals surface area contributed by atoms with Crippen LogP contribution in [-0.4, -0.2) is 30.9 Å². The van der Waals surface area contributed by atoms with E-state index in [4.69, 9.17) is 0 Å². The number of carbonyl (C=O) groups excluding carboxylic acids is 2. The Hall–Kier alpha value is -1.88. The predicted octanol–water partition coefficient (Wildman–Crippen LogP) is 0.804. The summed E-state index contributed by atoms with van der Waals surface area (Å²) in [5.41, 5.74) is 1.63. The van der Waals surface area contributed by atoms with Gasteiger partial charge in [0.05, 0.1) is 6.04 Å². The molecule has 1 unspecified atom stereocenters. The van der Waals surface area contributed by atoms with Crippen molar-refractivity contribution in [2.45, 2.75) is 32.4 Å². The smallest absolute Gasteiger partial charge is 0.251 e. The molecule has 3 N–H and O–H groups in total. The molecule has 0 aromatic heterocycles. The monoisotopic (exact) mass is 275 g/mol. The van der Waals surface area contributed by atoms with Crippen molar-refractivity contribution in [1.29, 1.82) is 0 Å². The second-order valence-corrected chi connectivity index (χ2v) is 4.92. The molecule has 1 aromatic carbocycles. The van der Waals surface area contributed by atoms with Gasteiger partial charge in [0, 0.05) is 18.7 Å². The number of hydrogen-bond donors (Lipinski definition) is 3. The number of carbonyl (C=O) groups is 2. The van der Waals surface area contributed by atoms with Crippen LogP contribution < -0.4 is 16.0 Å². The molecule has 1 atom stereocenters. The van der Waals surface area contributed by atoms with Gasteiger partial charge in [-0.1, -0.05) is 12.1 Å². The minimum absolute atomic E-state index is 0.0512. The average molecular weight is 275 g/mol. The predicted molar refractivity (Wildman–Crippen MR) is 77.3 cm³/mol. The molecule has 5 nitrogen and oxygen atoms in total. The standard InChI is InChI=1S/C15H21N3O2/c1-2-16-14(19)12-7-5-11(6-8-12)10-18-15(20)13-4-3-9-17-13/h5-8,13,17H,2-4,9-10H2,1H3,(H,16,19)(H,18,20). The topological polar surface area (TPSA) is 70.2 Å². The van der Waals surface area contributed by atoms with Gasteiger partial charge >= 0.3 is 0 Å². The molecule has 1 saturated heterocycles. The fraction of sp³-hybridized carbons (Fsp3) is 0.467. The van der Waals surface area contributed by atoms with Crippen molar-refractivity contribution in [3.63, 3.8) is 0 Å². The highest BCUT2D eigenvalue weighted by Crippen LogP contribution is 2.07. The van der Waals surface area contributed by atoms with Crippen molar-refractivity contribution in [1.82, 2.24) is 16.0 Å². The molecule has 0 aliphatic carbocycles. The summed E-state index contributed by atoms with van der Waals surface area (Å²) in [5, 5.41) is 8.83. The van der Waals surface area contributed by atoms with Crippen molar-refractivity contribution in [2.24, 2.45) is 0 Å². The first-order valence-corrected chi connectivity index (χ1v) is 7.09. The molecule has 0 bridgehead atoms. The molecule has 5 heteroatoms. The highest BCUT2D eigenvalue weighted by atomic mass is 16.2. The molecule has 0 saturated carbocycles. The Kier molecular flexibility index (Phi) is 5.12. The van der Waals surface area contributed by atoms with E-state index in [1.807, 2.05) is 19.1 Å². The van der Waals surface area contributed by atoms with Crippen LogP contribution in [0.1, 0.15) is 35.7 Å². The summed E-state index contributed by atoms with van der Waals surface area (Å²) < 4.78 is 0. The summed E-state index contributed by atoms with van der Waals surface area (Å²) >= 11 is 0. The van der Waals surface area contributed by atoms with Crippen LogP contribution >= 0.6 is 0 Å². The molecule has 1 aromatic rings. The van der Waals surface area contributed by atoms with E-state index in [1.54, 1.807) is 12.1 Å². The molecule has 2 rings (SSSR count). The van der Waals surface area contributed by atoms with E-state index in [9.17, 15) is 9.59 Å². The molecule has 1 heterocycles. The summed E-state index contributed by atoms with van der Waals surface area (Å²) in [5.74, 6) is -0.0199. The molecule has 1 aliphatic rings. The van der Waals surface area contributed by atoms with Crippen LogP contribution in [0.2, 0.25) is 0 Å². The molecule has 0 radical (unpaired) electrons. The maximum atomic E-state index is 11.8. The summed E-state index contributed by atoms with van der Waals surface area (Å²) in [6.07, 6.45) is 1.96. The van der Waals surface area contributed by atoms with Crippen LogP contribution in [-0.2, 0) is 11.3 Å². The highest BCUT2D eigenvalue weighted by Gasteiger charge is 2.21. The van der Waals surface area contributed by atoms with Crippen molar-refractivity contribution >= 4 is 11.8 Å². The lowest BCUT2D eigenvalue weighted by Gasteiger charge is -2.11. The first-order valence-electron chi connectivity index (χ1n) is 7.09. The van der Waals surface area contributed by atoms with Crippen molar-refractivity contribution < 1.29 is 9.59 Å². The van der Waals surface area contributed by atoms with E-state index in [1.165, 1.54) is 0 Å². The van der Waals surface area contributed by atoms with E-state index in [-0.39, 0.29) is 17.9 Å². The number of benzene rings is 1. The van der Waals surface area contributed by atoms with Gasteiger partial charge < -0.3 is 16.0 Å². The van der Waals surface area contributed by atoms with E-state index in [0.717, 1.165) is 24.9 Å². The van der Waals surface area contributed by atoms with Crippen molar-refractivity contribution in [3.05, 3.63) is 35.4 Å². The van der Waals surface area contributed by atoms with Gasteiger partial charge in [-0.25, -0.2) is 0 Å². The minimum atomic E-state index is -0.0711. The fourth-order valence-electron chi connectivity index (χ4n) is 2.26. The summed E-state index contributed by atoms with van der Waals surface area (Å²) in [7, 11) is 0. The Bertz CT molecular complexity index is 465. The van der Waals surface area contributed by atoms with Crippen LogP contribution in [0.4, 0.5) is 0 Å². The van der Waals surface area contributed by atoms with E-state index in [2.05, 4.69) is 16.0 Å². The van der Waals surface area contributed by atoms with E-state index in [0.29, 0.717) is 18.7 Å². The van der Waals surface area contributed by atoms with Gasteiger partial charge in [0.1, 0.15) is 0 Å². The number of nitrogens with one attached hydrogen (secondary N) is 3. The lowest BCUT2D eigenvalue weighted by molar-refractivity contribution is -0.122. The Balaban J connectivity index is 1.84. The number of rotatable bonds is 5. The zero-order valence-electron chi connectivity index (χ0n) is 11.7. The van der Waals surface area contributed by atoms with Crippen LogP contribution in [0.25, 0.3) is 0 Å². The van der Waals surface area contributed by atoms with Crippen LogP contribution in [0.15, 0.2) is 24.3 Å². The minimum Gasteiger partial charge on any atom is -0.352 e. The zero-order valence-corrected chi connectivity index (χ0v) is 11.7. The van der Waals surface area contributed by atoms with Crippen LogP contribution in [0.3, 0.4) is 0 Å². The molecule has 1 aliphatic heterocycles. The van der Waals surface area contributed by atoms with E-state index < -0.39 is 0 Å². The third-order valence-electron chi connectivity index (χ3n) is 3.40. The lowest BCUT2D eigenvalue weighted by Crippen LogP contribution is -2.40. The first-order chi connectivity index (χ1) is 9.70. The third kappa shape index (κ3) is 3.81. The summed E-state index contributed by atoms with van der Waals surface area (Å²) in [6, 6.07) is 7.24. The Morgan fingerprint density at radius 2 is 2.00 bits per heavy atom. The lowest BCUT2D eigenvalue weighted by atomic mass is 10.1. The summed E-state index contributed by atoms with van der Waals surface area (Å²) in [6.45, 7) is 3.91. The maximum absolute atomic E-state index is 11.8. The Morgan fingerprint density at radius 3 is 2.60 bits per heavy atom. The zero-order chi connectivity index (χ0) is 14.4. The SMILES string of the molecule is CCNC(=O)c1ccc(CNC(=O)C2CCCN2)cc1. The second-order valence-electron chi connectivity index (χ2n) is 4.92. The fourth-order valence-corrected chi connectivity index (χ4v) is 2.26. The Labute approximate surface area is 119 Å². The molecule has 108 valence electrons. The third-order valence-corrected chi connectivity index (χ3v) is 3.40. The molecule has 1 fully saturated rings. The van der Waals surface area contributed by atoms with Crippen LogP contribution in [0.5, 0.6) is 0 Å². The number of hydrogen-bond acceptors (Lipinski definition) is 3. The van der Waals surface area contributed by atoms with Crippen LogP contribution in [0, 0.1) is 0 Å². The van der Waals surface area contributed by atoms with Crippen molar-refractivity contribution in [2.75, 3.05) is 13.1 Å². The molecular weight excluding hydrogens is 254 g/mol. The van der Waals surface area contributed by atoms with Gasteiger partial charge in [0.2, 0.25) is 5.91 Å². The molecule has 20 heavy (non-hydrogen) atoms. The molecular formula is C15H21N3O2. The first kappa shape index (κ1) is 14.5. The van der Waals surface area contributed by atoms with Gasteiger partial charge in [-0.15, -0.1) is 0 Å². The maximum Gasteiger partial charge on any atom is 0.251 e. The average Bonchev–Trinajstić information content (AvgIpc) is 3.00. The van der Waals surface area contributed by atoms with E-state index >= 15 is 0 Å². The molecule has 0 spiro atoms. The second kappa shape index (κ2) is 7.05. The van der Waals surface area contributed by atoms with Gasteiger partial charge in [-0.3, -0.25) is 9.59 Å². The van der Waals surface area contributed by atoms with Gasteiger partial charge in [0.15, 0.2) is 0 Å². The quantitative estimate of drug-likeness (QED) is 0.744. The van der Waals surface area contributed by atoms with Gasteiger partial charge in [0.25, 0.3) is 5.91 Å². The highest BCUT2D eigenvalue weighted by molar-refractivity contribution is 5.94. The summed E-state index contributed by atoms with van der Waals surface area (Å²) in [4.78, 5) is 23.4. The molecule has 2 amide bonds. The van der Waals surface area contributed by atoms with Gasteiger partial charge in [-0.05, 0) is 44.0 Å². The Morgan fingerprint density at radius 1 is 1.25 bits per heavy atom.